The van der Waals surface area contributed by atoms with Crippen LogP contribution in [0.25, 0.3) is 0 Å². The van der Waals surface area contributed by atoms with E-state index in [4.69, 9.17) is 27.9 Å². The minimum Gasteiger partial charge on any atom is -0.421 e. The van der Waals surface area contributed by atoms with Crippen molar-refractivity contribution >= 4 is 45.1 Å². The SMILES string of the molecule is Cc1cc(Br)cc(Cl)c1OC(=O)c1cc(F)c(F)cc1Cl. The molecule has 2 aromatic rings. The van der Waals surface area contributed by atoms with Gasteiger partial charge in [-0.3, -0.25) is 0 Å². The molecule has 0 atom stereocenters. The van der Waals surface area contributed by atoms with Crippen molar-refractivity contribution in [3.63, 3.8) is 0 Å². The molecule has 21 heavy (non-hydrogen) atoms. The molecular weight excluding hydrogens is 389 g/mol. The number of hydrogen-bond donors (Lipinski definition) is 0. The van der Waals surface area contributed by atoms with Gasteiger partial charge in [0.2, 0.25) is 0 Å². The highest BCUT2D eigenvalue weighted by Crippen LogP contribution is 2.33. The first-order valence-electron chi connectivity index (χ1n) is 5.62. The Kier molecular flexibility index (Phi) is 4.86. The van der Waals surface area contributed by atoms with Crippen molar-refractivity contribution < 1.29 is 18.3 Å². The highest BCUT2D eigenvalue weighted by atomic mass is 79.9. The number of carbonyl (C=O) groups is 1. The summed E-state index contributed by atoms with van der Waals surface area (Å²) < 4.78 is 32.0. The van der Waals surface area contributed by atoms with Crippen molar-refractivity contribution in [1.29, 1.82) is 0 Å². The predicted molar refractivity (Wildman–Crippen MR) is 80.2 cm³/mol. The van der Waals surface area contributed by atoms with Crippen molar-refractivity contribution in [2.75, 3.05) is 0 Å². The van der Waals surface area contributed by atoms with Crippen molar-refractivity contribution in [1.82, 2.24) is 0 Å². The zero-order chi connectivity index (χ0) is 15.7. The van der Waals surface area contributed by atoms with Crippen LogP contribution in [0.2, 0.25) is 10.0 Å². The quantitative estimate of drug-likeness (QED) is 0.378. The van der Waals surface area contributed by atoms with Crippen LogP contribution >= 0.6 is 39.1 Å². The van der Waals surface area contributed by atoms with Gasteiger partial charge < -0.3 is 4.74 Å². The first-order valence-corrected chi connectivity index (χ1v) is 7.17. The number of ether oxygens (including phenoxy) is 1. The Morgan fingerprint density at radius 1 is 1.10 bits per heavy atom. The molecule has 110 valence electrons. The van der Waals surface area contributed by atoms with E-state index in [-0.39, 0.29) is 21.4 Å². The topological polar surface area (TPSA) is 26.3 Å². The lowest BCUT2D eigenvalue weighted by Gasteiger charge is -2.11. The maximum Gasteiger partial charge on any atom is 0.345 e. The molecule has 0 saturated carbocycles. The number of rotatable bonds is 2. The zero-order valence-electron chi connectivity index (χ0n) is 10.5. The number of hydrogen-bond acceptors (Lipinski definition) is 2. The van der Waals surface area contributed by atoms with Gasteiger partial charge in [-0.15, -0.1) is 0 Å². The Bertz CT molecular complexity index is 712. The van der Waals surface area contributed by atoms with Gasteiger partial charge in [0.05, 0.1) is 15.6 Å². The zero-order valence-corrected chi connectivity index (χ0v) is 13.6. The lowest BCUT2D eigenvalue weighted by atomic mass is 10.2. The van der Waals surface area contributed by atoms with Gasteiger partial charge in [-0.05, 0) is 36.8 Å². The van der Waals surface area contributed by atoms with Crippen LogP contribution in [0.5, 0.6) is 5.75 Å². The van der Waals surface area contributed by atoms with Gasteiger partial charge in [0.1, 0.15) is 0 Å². The number of halogens is 5. The first kappa shape index (κ1) is 16.2. The van der Waals surface area contributed by atoms with Crippen LogP contribution in [0.4, 0.5) is 8.78 Å². The molecule has 2 rings (SSSR count). The molecule has 0 radical (unpaired) electrons. The fraction of sp³-hybridized carbons (Fsp3) is 0.0714. The van der Waals surface area contributed by atoms with E-state index in [9.17, 15) is 13.6 Å². The summed E-state index contributed by atoms with van der Waals surface area (Å²) in [4.78, 5) is 12.0. The van der Waals surface area contributed by atoms with Crippen LogP contribution in [0, 0.1) is 18.6 Å². The van der Waals surface area contributed by atoms with Gasteiger partial charge in [0.25, 0.3) is 0 Å². The average molecular weight is 396 g/mol. The molecule has 0 aliphatic carbocycles. The van der Waals surface area contributed by atoms with Crippen molar-refractivity contribution in [2.45, 2.75) is 6.92 Å². The lowest BCUT2D eigenvalue weighted by molar-refractivity contribution is 0.0733. The molecule has 0 unspecified atom stereocenters. The van der Waals surface area contributed by atoms with Crippen molar-refractivity contribution in [3.8, 4) is 5.75 Å². The van der Waals surface area contributed by atoms with E-state index in [1.165, 1.54) is 0 Å². The second-order valence-electron chi connectivity index (χ2n) is 4.17. The number of aryl methyl sites for hydroxylation is 1. The van der Waals surface area contributed by atoms with Crippen molar-refractivity contribution in [2.24, 2.45) is 0 Å². The third-order valence-corrected chi connectivity index (χ3v) is 3.67. The lowest BCUT2D eigenvalue weighted by Crippen LogP contribution is -2.11. The van der Waals surface area contributed by atoms with Gasteiger partial charge >= 0.3 is 5.97 Å². The number of carbonyl (C=O) groups excluding carboxylic acids is 1. The summed E-state index contributed by atoms with van der Waals surface area (Å²) in [6, 6.07) is 4.64. The molecule has 7 heteroatoms. The fourth-order valence-corrected chi connectivity index (χ4v) is 2.88. The molecule has 0 aliphatic rings. The average Bonchev–Trinajstić information content (AvgIpc) is 2.37. The van der Waals surface area contributed by atoms with Gasteiger partial charge in [-0.2, -0.15) is 0 Å². The summed E-state index contributed by atoms with van der Waals surface area (Å²) in [6.07, 6.45) is 0. The van der Waals surface area contributed by atoms with Crippen LogP contribution in [-0.2, 0) is 0 Å². The molecule has 0 saturated heterocycles. The largest absolute Gasteiger partial charge is 0.421 e. The Hall–Kier alpha value is -1.17. The van der Waals surface area contributed by atoms with Gasteiger partial charge in [0, 0.05) is 4.47 Å². The molecule has 0 heterocycles. The van der Waals surface area contributed by atoms with Crippen LogP contribution in [-0.4, -0.2) is 5.97 Å². The first-order chi connectivity index (χ1) is 9.79. The van der Waals surface area contributed by atoms with Gasteiger partial charge in [0.15, 0.2) is 17.4 Å². The van der Waals surface area contributed by atoms with Crippen LogP contribution in [0.1, 0.15) is 15.9 Å². The summed E-state index contributed by atoms with van der Waals surface area (Å²) in [7, 11) is 0. The highest BCUT2D eigenvalue weighted by molar-refractivity contribution is 9.10. The Labute approximate surface area is 137 Å². The monoisotopic (exact) mass is 394 g/mol. The fourth-order valence-electron chi connectivity index (χ4n) is 1.64. The molecule has 0 fully saturated rings. The van der Waals surface area contributed by atoms with E-state index in [1.807, 2.05) is 0 Å². The second kappa shape index (κ2) is 6.30. The molecule has 0 aromatic heterocycles. The van der Waals surface area contributed by atoms with E-state index in [2.05, 4.69) is 15.9 Å². The van der Waals surface area contributed by atoms with Crippen LogP contribution < -0.4 is 4.74 Å². The Balaban J connectivity index is 2.37. The van der Waals surface area contributed by atoms with Crippen molar-refractivity contribution in [3.05, 3.63) is 61.5 Å². The molecule has 0 N–H and O–H groups in total. The maximum atomic E-state index is 13.2. The van der Waals surface area contributed by atoms with E-state index in [1.54, 1.807) is 19.1 Å². The molecule has 0 spiro atoms. The predicted octanol–water partition coefficient (Wildman–Crippen LogP) is 5.56. The standard InChI is InChI=1S/C14H7BrCl2F2O2/c1-6-2-7(15)3-10(17)13(6)21-14(20)8-4-11(18)12(19)5-9(8)16/h2-5H,1H3. The Morgan fingerprint density at radius 2 is 1.71 bits per heavy atom. The summed E-state index contributed by atoms with van der Waals surface area (Å²) in [5.41, 5.74) is 0.315. The molecule has 0 aliphatic heterocycles. The number of esters is 1. The molecule has 2 nitrogen and oxygen atoms in total. The van der Waals surface area contributed by atoms with Crippen LogP contribution in [0.3, 0.4) is 0 Å². The second-order valence-corrected chi connectivity index (χ2v) is 5.90. The van der Waals surface area contributed by atoms with Gasteiger partial charge in [-0.25, -0.2) is 13.6 Å². The summed E-state index contributed by atoms with van der Waals surface area (Å²) >= 11 is 15.0. The summed E-state index contributed by atoms with van der Waals surface area (Å²) in [5, 5.41) is -0.0429. The summed E-state index contributed by atoms with van der Waals surface area (Å²) in [5.74, 6) is -3.13. The minimum absolute atomic E-state index is 0.130. The van der Waals surface area contributed by atoms with Crippen LogP contribution in [0.15, 0.2) is 28.7 Å². The third-order valence-electron chi connectivity index (χ3n) is 2.62. The van der Waals surface area contributed by atoms with E-state index < -0.39 is 17.6 Å². The molecule has 0 bridgehead atoms. The highest BCUT2D eigenvalue weighted by Gasteiger charge is 2.19. The molecule has 0 amide bonds. The molecule has 2 aromatic carbocycles. The smallest absolute Gasteiger partial charge is 0.345 e. The number of benzene rings is 2. The van der Waals surface area contributed by atoms with E-state index >= 15 is 0 Å². The summed E-state index contributed by atoms with van der Waals surface area (Å²) in [6.45, 7) is 1.69. The maximum absolute atomic E-state index is 13.2. The third kappa shape index (κ3) is 3.54. The van der Waals surface area contributed by atoms with Gasteiger partial charge in [-0.1, -0.05) is 39.1 Å². The Morgan fingerprint density at radius 3 is 2.33 bits per heavy atom. The van der Waals surface area contributed by atoms with E-state index in [0.717, 1.165) is 4.47 Å². The molecular formula is C14H7BrCl2F2O2. The van der Waals surface area contributed by atoms with E-state index in [0.29, 0.717) is 17.7 Å². The minimum atomic E-state index is -1.19. The normalized spacial score (nSPS) is 10.6.